The highest BCUT2D eigenvalue weighted by Crippen LogP contribution is 2.34. The van der Waals surface area contributed by atoms with E-state index in [1.165, 1.54) is 5.39 Å². The zero-order valence-corrected chi connectivity index (χ0v) is 16.9. The summed E-state index contributed by atoms with van der Waals surface area (Å²) in [5.41, 5.74) is 2.28. The first kappa shape index (κ1) is 18.4. The predicted octanol–water partition coefficient (Wildman–Crippen LogP) is 2.52. The van der Waals surface area contributed by atoms with Crippen LogP contribution >= 0.6 is 0 Å². The van der Waals surface area contributed by atoms with Crippen molar-refractivity contribution in [2.75, 3.05) is 33.8 Å². The van der Waals surface area contributed by atoms with Gasteiger partial charge >= 0.3 is 0 Å². The first-order valence-electron chi connectivity index (χ1n) is 10.2. The van der Waals surface area contributed by atoms with Gasteiger partial charge in [0.25, 0.3) is 0 Å². The van der Waals surface area contributed by atoms with Crippen LogP contribution in [0, 0.1) is 0 Å². The third kappa shape index (κ3) is 3.45. The van der Waals surface area contributed by atoms with Gasteiger partial charge in [0, 0.05) is 74.3 Å². The average Bonchev–Trinajstić information content (AvgIpc) is 3.44. The Labute approximate surface area is 170 Å². The highest BCUT2D eigenvalue weighted by Gasteiger charge is 2.39. The quantitative estimate of drug-likeness (QED) is 0.740. The van der Waals surface area contributed by atoms with Gasteiger partial charge in [-0.2, -0.15) is 0 Å². The summed E-state index contributed by atoms with van der Waals surface area (Å²) in [6, 6.07) is 9.31. The minimum Gasteiger partial charge on any atom is -0.375 e. The number of fused-ring (bicyclic) bond motifs is 2. The van der Waals surface area contributed by atoms with E-state index in [-0.39, 0.29) is 12.0 Å². The fourth-order valence-electron chi connectivity index (χ4n) is 4.64. The summed E-state index contributed by atoms with van der Waals surface area (Å²) in [5.74, 6) is 1.14. The van der Waals surface area contributed by atoms with Crippen LogP contribution in [0.15, 0.2) is 42.9 Å². The molecule has 2 fully saturated rings. The summed E-state index contributed by atoms with van der Waals surface area (Å²) in [6.07, 6.45) is 7.43. The number of aromatic amines is 1. The molecule has 5 rings (SSSR count). The number of H-pyrrole nitrogens is 1. The van der Waals surface area contributed by atoms with E-state index in [0.717, 1.165) is 36.4 Å². The largest absolute Gasteiger partial charge is 0.375 e. The number of carbonyl (C=O) groups excluding carboxylic acids is 1. The van der Waals surface area contributed by atoms with Crippen LogP contribution in [0.3, 0.4) is 0 Å². The smallest absolute Gasteiger partial charge is 0.224 e. The van der Waals surface area contributed by atoms with Crippen LogP contribution < -0.4 is 0 Å². The molecule has 29 heavy (non-hydrogen) atoms. The molecular formula is C22H27N5O2. The number of aromatic nitrogens is 3. The van der Waals surface area contributed by atoms with Crippen molar-refractivity contribution in [2.45, 2.75) is 31.0 Å². The fourth-order valence-corrected chi connectivity index (χ4v) is 4.64. The number of benzene rings is 1. The van der Waals surface area contributed by atoms with Crippen molar-refractivity contribution in [1.29, 1.82) is 0 Å². The molecule has 1 amide bonds. The lowest BCUT2D eigenvalue weighted by Crippen LogP contribution is -2.47. The van der Waals surface area contributed by atoms with Gasteiger partial charge in [0.15, 0.2) is 0 Å². The number of carbonyl (C=O) groups is 1. The van der Waals surface area contributed by atoms with Crippen LogP contribution in [-0.2, 0) is 9.53 Å². The van der Waals surface area contributed by atoms with Crippen LogP contribution in [0.4, 0.5) is 0 Å². The number of morpholine rings is 1. The second-order valence-corrected chi connectivity index (χ2v) is 8.38. The van der Waals surface area contributed by atoms with E-state index in [1.807, 2.05) is 12.4 Å². The second kappa shape index (κ2) is 7.31. The Morgan fingerprint density at radius 3 is 3.03 bits per heavy atom. The Balaban J connectivity index is 1.32. The maximum Gasteiger partial charge on any atom is 0.224 e. The second-order valence-electron chi connectivity index (χ2n) is 8.38. The number of imidazole rings is 1. The molecule has 1 N–H and O–H groups in total. The molecule has 0 radical (unpaired) electrons. The fraction of sp³-hybridized carbons (Fsp3) is 0.455. The summed E-state index contributed by atoms with van der Waals surface area (Å²) >= 11 is 0. The first-order valence-corrected chi connectivity index (χ1v) is 10.2. The summed E-state index contributed by atoms with van der Waals surface area (Å²) in [5, 5.41) is 1.20. The highest BCUT2D eigenvalue weighted by atomic mass is 16.5. The maximum atomic E-state index is 12.0. The van der Waals surface area contributed by atoms with Gasteiger partial charge < -0.3 is 19.2 Å². The molecule has 152 valence electrons. The first-order chi connectivity index (χ1) is 14.1. The minimum absolute atomic E-state index is 0.0156. The number of ether oxygens (including phenoxy) is 1. The van der Waals surface area contributed by atoms with Gasteiger partial charge in [-0.15, -0.1) is 0 Å². The molecule has 0 bridgehead atoms. The molecule has 2 saturated heterocycles. The summed E-state index contributed by atoms with van der Waals surface area (Å²) in [6.45, 7) is 2.48. The molecule has 2 aliphatic rings. The lowest BCUT2D eigenvalue weighted by Gasteiger charge is -2.35. The molecule has 3 atom stereocenters. The van der Waals surface area contributed by atoms with Gasteiger partial charge in [0.1, 0.15) is 5.82 Å². The number of nitrogens with one attached hydrogen (secondary N) is 1. The molecule has 0 unspecified atom stereocenters. The summed E-state index contributed by atoms with van der Waals surface area (Å²) < 4.78 is 8.33. The molecule has 0 saturated carbocycles. The molecule has 7 heteroatoms. The Morgan fingerprint density at radius 2 is 2.17 bits per heavy atom. The van der Waals surface area contributed by atoms with Crippen LogP contribution in [0.2, 0.25) is 0 Å². The third-order valence-electron chi connectivity index (χ3n) is 6.24. The number of amides is 1. The SMILES string of the molecule is CN(C)C(=O)C[C@H]1CN2C[C@H](n3ccnc3-c3ccc4[nH]ccc4c3)C[C@H]2CO1. The van der Waals surface area contributed by atoms with Crippen molar-refractivity contribution in [3.05, 3.63) is 42.9 Å². The van der Waals surface area contributed by atoms with Crippen molar-refractivity contribution in [3.8, 4) is 11.4 Å². The van der Waals surface area contributed by atoms with Crippen molar-refractivity contribution in [1.82, 2.24) is 24.3 Å². The Hall–Kier alpha value is -2.64. The molecule has 1 aromatic carbocycles. The van der Waals surface area contributed by atoms with Gasteiger partial charge in [-0.25, -0.2) is 4.98 Å². The van der Waals surface area contributed by atoms with Crippen LogP contribution in [0.25, 0.3) is 22.3 Å². The topological polar surface area (TPSA) is 66.4 Å². The van der Waals surface area contributed by atoms with Gasteiger partial charge in [0.05, 0.1) is 19.1 Å². The Kier molecular flexibility index (Phi) is 4.64. The normalized spacial score (nSPS) is 24.7. The average molecular weight is 393 g/mol. The van der Waals surface area contributed by atoms with Gasteiger partial charge in [-0.1, -0.05) is 0 Å². The zero-order chi connectivity index (χ0) is 20.0. The summed E-state index contributed by atoms with van der Waals surface area (Å²) in [7, 11) is 3.59. The predicted molar refractivity (Wildman–Crippen MR) is 112 cm³/mol. The number of hydrogen-bond donors (Lipinski definition) is 1. The number of hydrogen-bond acceptors (Lipinski definition) is 4. The van der Waals surface area contributed by atoms with E-state index in [2.05, 4.69) is 49.9 Å². The standard InChI is InChI=1S/C22H27N5O2/c1-25(2)21(28)11-19-13-26-12-17(10-18(26)14-29-19)27-8-7-24-22(27)16-3-4-20-15(9-16)5-6-23-20/h3-9,17-19,23H,10-14H2,1-2H3/t17-,18+,19+/m1/s1. The highest BCUT2D eigenvalue weighted by molar-refractivity contribution is 5.84. The number of nitrogens with zero attached hydrogens (tertiary/aromatic N) is 4. The van der Waals surface area contributed by atoms with Gasteiger partial charge in [-0.05, 0) is 30.7 Å². The van der Waals surface area contributed by atoms with E-state index in [1.54, 1.807) is 19.0 Å². The zero-order valence-electron chi connectivity index (χ0n) is 16.9. The van der Waals surface area contributed by atoms with E-state index in [9.17, 15) is 4.79 Å². The lowest BCUT2D eigenvalue weighted by molar-refractivity contribution is -0.134. The molecule has 0 spiro atoms. The van der Waals surface area contributed by atoms with Crippen LogP contribution in [0.1, 0.15) is 18.9 Å². The molecular weight excluding hydrogens is 366 g/mol. The van der Waals surface area contributed by atoms with Crippen molar-refractivity contribution < 1.29 is 9.53 Å². The monoisotopic (exact) mass is 393 g/mol. The molecule has 7 nitrogen and oxygen atoms in total. The lowest BCUT2D eigenvalue weighted by atomic mass is 10.1. The van der Waals surface area contributed by atoms with Crippen molar-refractivity contribution in [3.63, 3.8) is 0 Å². The van der Waals surface area contributed by atoms with Crippen LogP contribution in [-0.4, -0.2) is 76.2 Å². The Bertz CT molecular complexity index is 1020. The summed E-state index contributed by atoms with van der Waals surface area (Å²) in [4.78, 5) is 24.1. The molecule has 0 aliphatic carbocycles. The van der Waals surface area contributed by atoms with E-state index >= 15 is 0 Å². The maximum absolute atomic E-state index is 12.0. The minimum atomic E-state index is -0.0156. The van der Waals surface area contributed by atoms with E-state index < -0.39 is 0 Å². The number of rotatable bonds is 4. The van der Waals surface area contributed by atoms with Gasteiger partial charge in [0.2, 0.25) is 5.91 Å². The molecule has 4 heterocycles. The molecule has 3 aromatic rings. The van der Waals surface area contributed by atoms with Crippen molar-refractivity contribution >= 4 is 16.8 Å². The van der Waals surface area contributed by atoms with Crippen LogP contribution in [0.5, 0.6) is 0 Å². The van der Waals surface area contributed by atoms with Gasteiger partial charge in [-0.3, -0.25) is 9.69 Å². The van der Waals surface area contributed by atoms with Crippen molar-refractivity contribution in [2.24, 2.45) is 0 Å². The third-order valence-corrected chi connectivity index (χ3v) is 6.24. The molecule has 2 aliphatic heterocycles. The molecule has 2 aromatic heterocycles. The van der Waals surface area contributed by atoms with E-state index in [4.69, 9.17) is 4.74 Å². The Morgan fingerprint density at radius 1 is 1.28 bits per heavy atom. The van der Waals surface area contributed by atoms with E-state index in [0.29, 0.717) is 25.1 Å².